The lowest BCUT2D eigenvalue weighted by molar-refractivity contribution is 0.300. The monoisotopic (exact) mass is 276 g/mol. The molecule has 1 aromatic rings. The highest BCUT2D eigenvalue weighted by Crippen LogP contribution is 2.30. The van der Waals surface area contributed by atoms with Gasteiger partial charge >= 0.3 is 0 Å². The Labute approximate surface area is 125 Å². The molecule has 0 aliphatic rings. The first-order valence-electron chi connectivity index (χ1n) is 7.95. The molecule has 0 saturated carbocycles. The maximum absolute atomic E-state index is 3.64. The van der Waals surface area contributed by atoms with Crippen LogP contribution in [0.15, 0.2) is 18.2 Å². The normalized spacial score (nSPS) is 11.9. The average Bonchev–Trinajstić information content (AvgIpc) is 2.36. The van der Waals surface area contributed by atoms with Crippen molar-refractivity contribution in [3.8, 4) is 0 Å². The van der Waals surface area contributed by atoms with Gasteiger partial charge in [-0.25, -0.2) is 0 Å². The van der Waals surface area contributed by atoms with E-state index in [0.29, 0.717) is 0 Å². The van der Waals surface area contributed by atoms with Crippen molar-refractivity contribution < 1.29 is 0 Å². The van der Waals surface area contributed by atoms with Gasteiger partial charge in [-0.1, -0.05) is 46.8 Å². The quantitative estimate of drug-likeness (QED) is 0.792. The largest absolute Gasteiger partial charge is 0.384 e. The van der Waals surface area contributed by atoms with Gasteiger partial charge in [0.25, 0.3) is 0 Å². The van der Waals surface area contributed by atoms with Crippen molar-refractivity contribution >= 4 is 5.69 Å². The molecule has 2 nitrogen and oxygen atoms in total. The predicted octanol–water partition coefficient (Wildman–Crippen LogP) is 4.44. The molecule has 1 N–H and O–H groups in total. The Balaban J connectivity index is 2.69. The summed E-state index contributed by atoms with van der Waals surface area (Å²) in [5.41, 5.74) is 4.21. The first-order chi connectivity index (χ1) is 9.38. The minimum atomic E-state index is 0.184. The third kappa shape index (κ3) is 5.16. The van der Waals surface area contributed by atoms with Crippen LogP contribution in [0.5, 0.6) is 0 Å². The molecular formula is C18H32N2. The van der Waals surface area contributed by atoms with E-state index in [-0.39, 0.29) is 5.41 Å². The first-order valence-corrected chi connectivity index (χ1v) is 7.95. The van der Waals surface area contributed by atoms with Gasteiger partial charge < -0.3 is 10.2 Å². The molecule has 0 unspecified atom stereocenters. The molecule has 0 aromatic heterocycles. The Morgan fingerprint density at radius 3 is 2.35 bits per heavy atom. The van der Waals surface area contributed by atoms with E-state index >= 15 is 0 Å². The molecule has 0 atom stereocenters. The number of likely N-dealkylation sites (N-methyl/N-ethyl adjacent to an activating group) is 1. The van der Waals surface area contributed by atoms with Crippen LogP contribution in [0.25, 0.3) is 0 Å². The Morgan fingerprint density at radius 2 is 1.80 bits per heavy atom. The lowest BCUT2D eigenvalue weighted by atomic mass is 9.85. The molecule has 0 aliphatic heterocycles. The van der Waals surface area contributed by atoms with Gasteiger partial charge in [-0.3, -0.25) is 0 Å². The molecule has 1 rings (SSSR count). The lowest BCUT2D eigenvalue weighted by Crippen LogP contribution is -2.30. The van der Waals surface area contributed by atoms with Crippen LogP contribution in [0.2, 0.25) is 0 Å². The smallest absolute Gasteiger partial charge is 0.0381 e. The fraction of sp³-hybridized carbons (Fsp3) is 0.667. The van der Waals surface area contributed by atoms with Crippen LogP contribution >= 0.6 is 0 Å². The number of nitrogens with zero attached hydrogens (tertiary/aromatic N) is 1. The molecule has 0 spiro atoms. The van der Waals surface area contributed by atoms with Gasteiger partial charge in [-0.15, -0.1) is 0 Å². The van der Waals surface area contributed by atoms with Gasteiger partial charge in [0.2, 0.25) is 0 Å². The summed E-state index contributed by atoms with van der Waals surface area (Å²) < 4.78 is 0. The van der Waals surface area contributed by atoms with Crippen LogP contribution in [-0.2, 0) is 5.41 Å². The standard InChI is InChI=1S/C18H32N2/c1-7-12-20(8-2)13-11-19-17-14-15(3)9-10-16(17)18(4,5)6/h9-10,14,19H,7-8,11-13H2,1-6H3. The predicted molar refractivity (Wildman–Crippen MR) is 90.8 cm³/mol. The maximum Gasteiger partial charge on any atom is 0.0381 e. The fourth-order valence-corrected chi connectivity index (χ4v) is 2.55. The Morgan fingerprint density at radius 1 is 1.10 bits per heavy atom. The van der Waals surface area contributed by atoms with Crippen LogP contribution in [0.3, 0.4) is 0 Å². The second-order valence-electron chi connectivity index (χ2n) is 6.66. The Kier molecular flexibility index (Phi) is 6.54. The number of hydrogen-bond donors (Lipinski definition) is 1. The number of rotatable bonds is 7. The second kappa shape index (κ2) is 7.68. The van der Waals surface area contributed by atoms with Gasteiger partial charge in [0.1, 0.15) is 0 Å². The molecule has 0 amide bonds. The van der Waals surface area contributed by atoms with Crippen LogP contribution in [-0.4, -0.2) is 31.1 Å². The molecule has 1 aromatic carbocycles. The van der Waals surface area contributed by atoms with Crippen molar-refractivity contribution in [3.63, 3.8) is 0 Å². The van der Waals surface area contributed by atoms with Crippen LogP contribution in [0, 0.1) is 6.92 Å². The molecule has 0 heterocycles. The second-order valence-corrected chi connectivity index (χ2v) is 6.66. The van der Waals surface area contributed by atoms with Crippen molar-refractivity contribution in [1.29, 1.82) is 0 Å². The van der Waals surface area contributed by atoms with E-state index < -0.39 is 0 Å². The fourth-order valence-electron chi connectivity index (χ4n) is 2.55. The molecule has 0 saturated heterocycles. The van der Waals surface area contributed by atoms with E-state index in [1.807, 2.05) is 0 Å². The van der Waals surface area contributed by atoms with E-state index in [1.165, 1.54) is 29.8 Å². The minimum absolute atomic E-state index is 0.184. The van der Waals surface area contributed by atoms with Crippen LogP contribution < -0.4 is 5.32 Å². The summed E-state index contributed by atoms with van der Waals surface area (Å²) in [7, 11) is 0. The van der Waals surface area contributed by atoms with Gasteiger partial charge in [0.15, 0.2) is 0 Å². The number of hydrogen-bond acceptors (Lipinski definition) is 2. The van der Waals surface area contributed by atoms with E-state index in [2.05, 4.69) is 70.0 Å². The number of benzene rings is 1. The van der Waals surface area contributed by atoms with E-state index in [0.717, 1.165) is 19.6 Å². The zero-order valence-corrected chi connectivity index (χ0v) is 14.2. The lowest BCUT2D eigenvalue weighted by Gasteiger charge is -2.25. The van der Waals surface area contributed by atoms with E-state index in [9.17, 15) is 0 Å². The number of nitrogens with one attached hydrogen (secondary N) is 1. The van der Waals surface area contributed by atoms with Gasteiger partial charge in [0, 0.05) is 18.8 Å². The summed E-state index contributed by atoms with van der Waals surface area (Å²) in [5, 5.41) is 3.64. The van der Waals surface area contributed by atoms with Crippen LogP contribution in [0.4, 0.5) is 5.69 Å². The molecule has 114 valence electrons. The zero-order chi connectivity index (χ0) is 15.2. The van der Waals surface area contributed by atoms with E-state index in [1.54, 1.807) is 0 Å². The van der Waals surface area contributed by atoms with E-state index in [4.69, 9.17) is 0 Å². The van der Waals surface area contributed by atoms with Crippen molar-refractivity contribution in [1.82, 2.24) is 4.90 Å². The summed E-state index contributed by atoms with van der Waals surface area (Å²) in [6.07, 6.45) is 1.23. The summed E-state index contributed by atoms with van der Waals surface area (Å²) >= 11 is 0. The molecule has 0 aliphatic carbocycles. The highest BCUT2D eigenvalue weighted by Gasteiger charge is 2.17. The highest BCUT2D eigenvalue weighted by molar-refractivity contribution is 5.56. The Bertz CT molecular complexity index is 404. The Hall–Kier alpha value is -1.02. The highest BCUT2D eigenvalue weighted by atomic mass is 15.1. The molecule has 0 bridgehead atoms. The summed E-state index contributed by atoms with van der Waals surface area (Å²) in [6, 6.07) is 6.75. The molecular weight excluding hydrogens is 244 g/mol. The minimum Gasteiger partial charge on any atom is -0.384 e. The summed E-state index contributed by atoms with van der Waals surface area (Å²) in [4.78, 5) is 2.50. The van der Waals surface area contributed by atoms with Crippen molar-refractivity contribution in [2.75, 3.05) is 31.5 Å². The van der Waals surface area contributed by atoms with Crippen LogP contribution in [0.1, 0.15) is 52.2 Å². The number of anilines is 1. The third-order valence-electron chi connectivity index (χ3n) is 3.71. The first kappa shape index (κ1) is 17.0. The summed E-state index contributed by atoms with van der Waals surface area (Å²) in [5.74, 6) is 0. The average molecular weight is 276 g/mol. The molecule has 0 fully saturated rings. The topological polar surface area (TPSA) is 15.3 Å². The molecule has 20 heavy (non-hydrogen) atoms. The zero-order valence-electron chi connectivity index (χ0n) is 14.2. The summed E-state index contributed by atoms with van der Waals surface area (Å²) in [6.45, 7) is 17.9. The van der Waals surface area contributed by atoms with Crippen molar-refractivity contribution in [3.05, 3.63) is 29.3 Å². The number of aryl methyl sites for hydroxylation is 1. The third-order valence-corrected chi connectivity index (χ3v) is 3.71. The molecule has 2 heteroatoms. The van der Waals surface area contributed by atoms with Crippen molar-refractivity contribution in [2.45, 2.75) is 53.4 Å². The van der Waals surface area contributed by atoms with Crippen molar-refractivity contribution in [2.24, 2.45) is 0 Å². The maximum atomic E-state index is 3.64. The SMILES string of the molecule is CCCN(CC)CCNc1cc(C)ccc1C(C)(C)C. The van der Waals surface area contributed by atoms with Gasteiger partial charge in [0.05, 0.1) is 0 Å². The molecule has 0 radical (unpaired) electrons. The van der Waals surface area contributed by atoms with Gasteiger partial charge in [-0.05, 0) is 49.0 Å². The van der Waals surface area contributed by atoms with Gasteiger partial charge in [-0.2, -0.15) is 0 Å².